The number of hydrogen-bond donors (Lipinski definition) is 1. The summed E-state index contributed by atoms with van der Waals surface area (Å²) in [4.78, 5) is 5.57. The molecule has 4 heteroatoms. The largest absolute Gasteiger partial charge is 0.508 e. The Morgan fingerprint density at radius 3 is 2.67 bits per heavy atom. The number of phenolic OH excluding ortho intramolecular Hbond substituents is 1. The molecule has 0 amide bonds. The molecule has 0 fully saturated rings. The zero-order chi connectivity index (χ0) is 10.7. The zero-order valence-electron chi connectivity index (χ0n) is 8.30. The van der Waals surface area contributed by atoms with Crippen LogP contribution in [-0.4, -0.2) is 10.1 Å². The predicted octanol–water partition coefficient (Wildman–Crippen LogP) is 3.56. The SMILES string of the molecule is CCc1csc(Sc2ccc(O)cc2)n1. The van der Waals surface area contributed by atoms with E-state index in [4.69, 9.17) is 5.11 Å². The number of phenols is 1. The third kappa shape index (κ3) is 2.73. The molecule has 0 radical (unpaired) electrons. The summed E-state index contributed by atoms with van der Waals surface area (Å²) < 4.78 is 1.05. The molecule has 0 aliphatic rings. The lowest BCUT2D eigenvalue weighted by Gasteiger charge is -1.97. The van der Waals surface area contributed by atoms with E-state index in [-0.39, 0.29) is 0 Å². The molecule has 0 spiro atoms. The molecule has 0 aliphatic carbocycles. The van der Waals surface area contributed by atoms with E-state index in [1.54, 1.807) is 35.2 Å². The molecular weight excluding hydrogens is 226 g/mol. The predicted molar refractivity (Wildman–Crippen MR) is 63.7 cm³/mol. The third-order valence-corrected chi connectivity index (χ3v) is 3.93. The summed E-state index contributed by atoms with van der Waals surface area (Å²) in [6.07, 6.45) is 0.979. The fraction of sp³-hybridized carbons (Fsp3) is 0.182. The molecule has 1 aromatic heterocycles. The van der Waals surface area contributed by atoms with E-state index in [9.17, 15) is 0 Å². The van der Waals surface area contributed by atoms with Gasteiger partial charge in [0.25, 0.3) is 0 Å². The maximum Gasteiger partial charge on any atom is 0.154 e. The highest BCUT2D eigenvalue weighted by Gasteiger charge is 2.02. The lowest BCUT2D eigenvalue weighted by molar-refractivity contribution is 0.475. The molecular formula is C11H11NOS2. The van der Waals surface area contributed by atoms with Crippen LogP contribution in [0.2, 0.25) is 0 Å². The van der Waals surface area contributed by atoms with Crippen LogP contribution in [0.15, 0.2) is 38.9 Å². The number of rotatable bonds is 3. The van der Waals surface area contributed by atoms with Crippen LogP contribution in [0.25, 0.3) is 0 Å². The summed E-state index contributed by atoms with van der Waals surface area (Å²) in [6, 6.07) is 7.17. The fourth-order valence-corrected chi connectivity index (χ4v) is 3.00. The standard InChI is InChI=1S/C11H11NOS2/c1-2-8-7-14-11(12-8)15-10-5-3-9(13)4-6-10/h3-7,13H,2H2,1H3. The van der Waals surface area contributed by atoms with Gasteiger partial charge in [-0.25, -0.2) is 4.98 Å². The summed E-state index contributed by atoms with van der Waals surface area (Å²) in [5, 5.41) is 11.2. The lowest BCUT2D eigenvalue weighted by atomic mass is 10.3. The molecule has 15 heavy (non-hydrogen) atoms. The first-order chi connectivity index (χ1) is 7.28. The summed E-state index contributed by atoms with van der Waals surface area (Å²) in [5.41, 5.74) is 1.14. The first kappa shape index (κ1) is 10.5. The van der Waals surface area contributed by atoms with Crippen molar-refractivity contribution in [3.63, 3.8) is 0 Å². The average Bonchev–Trinajstić information content (AvgIpc) is 2.69. The van der Waals surface area contributed by atoms with Crippen molar-refractivity contribution >= 4 is 23.1 Å². The van der Waals surface area contributed by atoms with E-state index in [1.807, 2.05) is 12.1 Å². The molecule has 2 rings (SSSR count). The van der Waals surface area contributed by atoms with Crippen LogP contribution in [-0.2, 0) is 6.42 Å². The van der Waals surface area contributed by atoms with Crippen molar-refractivity contribution < 1.29 is 5.11 Å². The quantitative estimate of drug-likeness (QED) is 0.886. The Bertz CT molecular complexity index is 436. The number of aromatic nitrogens is 1. The summed E-state index contributed by atoms with van der Waals surface area (Å²) in [7, 11) is 0. The molecule has 0 unspecified atom stereocenters. The number of aryl methyl sites for hydroxylation is 1. The second-order valence-corrected chi connectivity index (χ2v) is 5.23. The van der Waals surface area contributed by atoms with Crippen LogP contribution in [0.4, 0.5) is 0 Å². The second-order valence-electron chi connectivity index (χ2n) is 3.05. The smallest absolute Gasteiger partial charge is 0.154 e. The van der Waals surface area contributed by atoms with Crippen LogP contribution in [0, 0.1) is 0 Å². The van der Waals surface area contributed by atoms with Crippen LogP contribution in [0.5, 0.6) is 5.75 Å². The molecule has 0 bridgehead atoms. The van der Waals surface area contributed by atoms with E-state index in [2.05, 4.69) is 17.3 Å². The van der Waals surface area contributed by atoms with Gasteiger partial charge < -0.3 is 5.11 Å². The Morgan fingerprint density at radius 2 is 2.07 bits per heavy atom. The molecule has 1 heterocycles. The molecule has 1 N–H and O–H groups in total. The molecule has 0 aliphatic heterocycles. The molecule has 0 atom stereocenters. The molecule has 2 aromatic rings. The number of thiazole rings is 1. The van der Waals surface area contributed by atoms with E-state index >= 15 is 0 Å². The molecule has 0 saturated heterocycles. The normalized spacial score (nSPS) is 10.5. The number of nitrogens with zero attached hydrogens (tertiary/aromatic N) is 1. The van der Waals surface area contributed by atoms with Crippen molar-refractivity contribution in [2.45, 2.75) is 22.6 Å². The van der Waals surface area contributed by atoms with Gasteiger partial charge in [0.05, 0.1) is 5.69 Å². The van der Waals surface area contributed by atoms with Crippen molar-refractivity contribution in [1.29, 1.82) is 0 Å². The van der Waals surface area contributed by atoms with Gasteiger partial charge in [0.2, 0.25) is 0 Å². The zero-order valence-corrected chi connectivity index (χ0v) is 9.94. The Balaban J connectivity index is 2.11. The van der Waals surface area contributed by atoms with Crippen LogP contribution in [0.1, 0.15) is 12.6 Å². The maximum absolute atomic E-state index is 9.14. The van der Waals surface area contributed by atoms with Crippen LogP contribution < -0.4 is 0 Å². The first-order valence-electron chi connectivity index (χ1n) is 4.69. The molecule has 1 aromatic carbocycles. The van der Waals surface area contributed by atoms with Gasteiger partial charge in [-0.15, -0.1) is 11.3 Å². The van der Waals surface area contributed by atoms with Gasteiger partial charge in [-0.3, -0.25) is 0 Å². The minimum absolute atomic E-state index is 0.299. The molecule has 0 saturated carbocycles. The van der Waals surface area contributed by atoms with Crippen LogP contribution in [0.3, 0.4) is 0 Å². The van der Waals surface area contributed by atoms with Gasteiger partial charge >= 0.3 is 0 Å². The summed E-state index contributed by atoms with van der Waals surface area (Å²) in [5.74, 6) is 0.299. The van der Waals surface area contributed by atoms with Gasteiger partial charge in [0.1, 0.15) is 5.75 Å². The van der Waals surface area contributed by atoms with Crippen molar-refractivity contribution in [3.8, 4) is 5.75 Å². The highest BCUT2D eigenvalue weighted by atomic mass is 32.2. The number of hydrogen-bond acceptors (Lipinski definition) is 4. The Labute approximate surface area is 97.0 Å². The maximum atomic E-state index is 9.14. The van der Waals surface area contributed by atoms with Gasteiger partial charge in [-0.05, 0) is 30.7 Å². The highest BCUT2D eigenvalue weighted by Crippen LogP contribution is 2.31. The van der Waals surface area contributed by atoms with Crippen molar-refractivity contribution in [2.75, 3.05) is 0 Å². The fourth-order valence-electron chi connectivity index (χ4n) is 1.11. The monoisotopic (exact) mass is 237 g/mol. The van der Waals surface area contributed by atoms with Crippen molar-refractivity contribution in [2.24, 2.45) is 0 Å². The van der Waals surface area contributed by atoms with E-state index in [0.717, 1.165) is 21.3 Å². The molecule has 2 nitrogen and oxygen atoms in total. The van der Waals surface area contributed by atoms with Crippen molar-refractivity contribution in [3.05, 3.63) is 35.3 Å². The lowest BCUT2D eigenvalue weighted by Crippen LogP contribution is -1.78. The first-order valence-corrected chi connectivity index (χ1v) is 6.39. The topological polar surface area (TPSA) is 33.1 Å². The average molecular weight is 237 g/mol. The number of aromatic hydroxyl groups is 1. The Kier molecular flexibility index (Phi) is 3.28. The highest BCUT2D eigenvalue weighted by molar-refractivity contribution is 8.01. The summed E-state index contributed by atoms with van der Waals surface area (Å²) in [6.45, 7) is 2.10. The van der Waals surface area contributed by atoms with Gasteiger partial charge in [0, 0.05) is 10.3 Å². The van der Waals surface area contributed by atoms with Crippen molar-refractivity contribution in [1.82, 2.24) is 4.98 Å². The van der Waals surface area contributed by atoms with Gasteiger partial charge in [-0.1, -0.05) is 18.7 Å². The second kappa shape index (κ2) is 4.68. The van der Waals surface area contributed by atoms with Gasteiger partial charge in [0.15, 0.2) is 4.34 Å². The van der Waals surface area contributed by atoms with Gasteiger partial charge in [-0.2, -0.15) is 0 Å². The third-order valence-electron chi connectivity index (χ3n) is 1.93. The van der Waals surface area contributed by atoms with Crippen LogP contribution >= 0.6 is 23.1 Å². The Hall–Kier alpha value is -1.00. The molecule has 78 valence electrons. The minimum Gasteiger partial charge on any atom is -0.508 e. The van der Waals surface area contributed by atoms with E-state index in [1.165, 1.54) is 0 Å². The summed E-state index contributed by atoms with van der Waals surface area (Å²) >= 11 is 3.29. The van der Waals surface area contributed by atoms with E-state index in [0.29, 0.717) is 5.75 Å². The number of benzene rings is 1. The Morgan fingerprint density at radius 1 is 1.33 bits per heavy atom. The minimum atomic E-state index is 0.299. The van der Waals surface area contributed by atoms with E-state index < -0.39 is 0 Å².